The zero-order valence-corrected chi connectivity index (χ0v) is 27.9. The Balaban J connectivity index is 4.41. The minimum absolute atomic E-state index is 0.110. The number of aliphatic hydroxyl groups excluding tert-OH is 3. The predicted octanol–water partition coefficient (Wildman–Crippen LogP) is 5.25. The topological polar surface area (TPSA) is 186 Å². The van der Waals surface area contributed by atoms with Gasteiger partial charge in [0.05, 0.1) is 25.9 Å². The summed E-state index contributed by atoms with van der Waals surface area (Å²) in [5, 5.41) is 27.8. The first kappa shape index (κ1) is 43.1. The van der Waals surface area contributed by atoms with E-state index in [4.69, 9.17) is 19.1 Å². The van der Waals surface area contributed by atoms with Crippen LogP contribution in [0, 0.1) is 0 Å². The lowest BCUT2D eigenvalue weighted by atomic mass is 10.1. The normalized spacial score (nSPS) is 15.1. The molecule has 12 nitrogen and oxygen atoms in total. The molecule has 0 amide bonds. The smallest absolute Gasteiger partial charge is 0.462 e. The molecule has 2 unspecified atom stereocenters. The molecule has 0 spiro atoms. The van der Waals surface area contributed by atoms with E-state index in [2.05, 4.69) is 23.6 Å². The largest absolute Gasteiger partial charge is 0.472 e. The monoisotopic (exact) mass is 664 g/mol. The van der Waals surface area contributed by atoms with E-state index in [9.17, 15) is 34.1 Å². The van der Waals surface area contributed by atoms with Crippen LogP contribution in [0.4, 0.5) is 0 Å². The molecule has 0 fully saturated rings. The number of esters is 2. The lowest BCUT2D eigenvalue weighted by Crippen LogP contribution is -2.30. The number of aliphatic hydroxyl groups is 3. The Labute approximate surface area is 268 Å². The van der Waals surface area contributed by atoms with E-state index in [1.165, 1.54) is 44.6 Å². The van der Waals surface area contributed by atoms with E-state index in [-0.39, 0.29) is 25.7 Å². The summed E-state index contributed by atoms with van der Waals surface area (Å²) in [5.74, 6) is -1.22. The Morgan fingerprint density at radius 1 is 0.778 bits per heavy atom. The van der Waals surface area contributed by atoms with Crippen molar-refractivity contribution in [3.63, 3.8) is 0 Å². The van der Waals surface area contributed by atoms with Crippen LogP contribution >= 0.6 is 7.82 Å². The van der Waals surface area contributed by atoms with Crippen molar-refractivity contribution in [1.29, 1.82) is 0 Å². The molecule has 262 valence electrons. The van der Waals surface area contributed by atoms with Gasteiger partial charge in [-0.2, -0.15) is 0 Å². The molecule has 0 aromatic rings. The van der Waals surface area contributed by atoms with Gasteiger partial charge in [0.25, 0.3) is 0 Å². The summed E-state index contributed by atoms with van der Waals surface area (Å²) in [5.41, 5.74) is 0. The number of hydrogen-bond acceptors (Lipinski definition) is 11. The van der Waals surface area contributed by atoms with E-state index >= 15 is 0 Å². The van der Waals surface area contributed by atoms with Crippen LogP contribution in [0.2, 0.25) is 0 Å². The molecule has 0 aliphatic heterocycles. The molecule has 13 heteroatoms. The lowest BCUT2D eigenvalue weighted by Gasteiger charge is -2.20. The first-order valence-corrected chi connectivity index (χ1v) is 17.8. The summed E-state index contributed by atoms with van der Waals surface area (Å²) < 4.78 is 32.0. The Kier molecular flexibility index (Phi) is 28.2. The number of allylic oxidation sites excluding steroid dienone is 3. The number of ether oxygens (including phenoxy) is 2. The predicted molar refractivity (Wildman–Crippen MR) is 170 cm³/mol. The van der Waals surface area contributed by atoms with Gasteiger partial charge in [-0.25, -0.2) is 4.57 Å². The second-order valence-corrected chi connectivity index (χ2v) is 12.5. The Hall–Kier alpha value is -1.92. The molecule has 45 heavy (non-hydrogen) atoms. The van der Waals surface area contributed by atoms with Crippen LogP contribution in [0.3, 0.4) is 0 Å². The zero-order valence-electron chi connectivity index (χ0n) is 27.0. The standard InChI is InChI=1S/C32H57O12P/c1-2-3-4-5-6-7-8-9-10-11-12-13-14-15-16-21-31(37)41-26-30(27-43-45(39,40)42-25-29(36)24-34)44-32(38)22-17-19-28(35)20-18-23-33/h9-10,18,20,23,28-30,34-36H,2-8,11-17,19,21-22,24-27H2,1H3,(H,39,40)/b10-9-,20-18+/t28?,29-,30+/m0/s1. The van der Waals surface area contributed by atoms with E-state index < -0.39 is 64.5 Å². The average Bonchev–Trinajstić information content (AvgIpc) is 3.02. The highest BCUT2D eigenvalue weighted by Gasteiger charge is 2.27. The SMILES string of the molecule is CCCCCCCC/C=C\CCCCCCCC(=O)OC[C@H](COP(=O)(O)OC[C@@H](O)CO)OC(=O)CCCC(O)/C=C/C=O. The first-order valence-electron chi connectivity index (χ1n) is 16.3. The minimum Gasteiger partial charge on any atom is -0.462 e. The molecule has 4 atom stereocenters. The molecule has 0 aromatic heterocycles. The summed E-state index contributed by atoms with van der Waals surface area (Å²) in [6, 6.07) is 0. The molecule has 0 radical (unpaired) electrons. The maximum absolute atomic E-state index is 12.3. The van der Waals surface area contributed by atoms with Gasteiger partial charge in [-0.1, -0.05) is 76.5 Å². The number of phosphoric acid groups is 1. The fourth-order valence-electron chi connectivity index (χ4n) is 4.13. The molecular formula is C32H57O12P. The van der Waals surface area contributed by atoms with Crippen molar-refractivity contribution in [3.05, 3.63) is 24.3 Å². The molecule has 0 bridgehead atoms. The van der Waals surface area contributed by atoms with Crippen LogP contribution in [0.1, 0.15) is 116 Å². The van der Waals surface area contributed by atoms with Gasteiger partial charge < -0.3 is 29.7 Å². The van der Waals surface area contributed by atoms with Crippen molar-refractivity contribution in [2.45, 2.75) is 134 Å². The summed E-state index contributed by atoms with van der Waals surface area (Å²) in [7, 11) is -4.67. The molecule has 0 aliphatic rings. The number of carbonyl (C=O) groups is 3. The van der Waals surface area contributed by atoms with E-state index in [0.717, 1.165) is 44.6 Å². The number of hydrogen-bond donors (Lipinski definition) is 4. The third-order valence-electron chi connectivity index (χ3n) is 6.73. The van der Waals surface area contributed by atoms with E-state index in [1.54, 1.807) is 0 Å². The Morgan fingerprint density at radius 2 is 1.36 bits per heavy atom. The summed E-state index contributed by atoms with van der Waals surface area (Å²) >= 11 is 0. The van der Waals surface area contributed by atoms with Crippen molar-refractivity contribution < 1.29 is 57.7 Å². The quantitative estimate of drug-likeness (QED) is 0.0189. The Bertz CT molecular complexity index is 863. The highest BCUT2D eigenvalue weighted by molar-refractivity contribution is 7.47. The summed E-state index contributed by atoms with van der Waals surface area (Å²) in [6.45, 7) is -0.184. The fourth-order valence-corrected chi connectivity index (χ4v) is 4.92. The summed E-state index contributed by atoms with van der Waals surface area (Å²) in [4.78, 5) is 44.7. The number of phosphoric ester groups is 1. The van der Waals surface area contributed by atoms with Gasteiger partial charge in [0, 0.05) is 12.8 Å². The fraction of sp³-hybridized carbons (Fsp3) is 0.781. The van der Waals surface area contributed by atoms with Crippen LogP contribution in [0.25, 0.3) is 0 Å². The average molecular weight is 665 g/mol. The van der Waals surface area contributed by atoms with Crippen LogP contribution in [0.15, 0.2) is 24.3 Å². The van der Waals surface area contributed by atoms with Crippen molar-refractivity contribution >= 4 is 26.0 Å². The number of aldehydes is 1. The molecule has 0 aromatic carbocycles. The van der Waals surface area contributed by atoms with Crippen molar-refractivity contribution in [3.8, 4) is 0 Å². The van der Waals surface area contributed by atoms with Crippen LogP contribution in [-0.4, -0.2) is 83.2 Å². The van der Waals surface area contributed by atoms with E-state index in [1.807, 2.05) is 0 Å². The highest BCUT2D eigenvalue weighted by atomic mass is 31.2. The number of unbranched alkanes of at least 4 members (excludes halogenated alkanes) is 11. The molecule has 0 saturated carbocycles. The molecule has 0 heterocycles. The maximum atomic E-state index is 12.3. The van der Waals surface area contributed by atoms with Crippen molar-refractivity contribution in [2.24, 2.45) is 0 Å². The van der Waals surface area contributed by atoms with Gasteiger partial charge in [0.1, 0.15) is 19.0 Å². The second-order valence-electron chi connectivity index (χ2n) is 11.0. The van der Waals surface area contributed by atoms with Gasteiger partial charge in [0.2, 0.25) is 0 Å². The molecule has 0 saturated heterocycles. The third-order valence-corrected chi connectivity index (χ3v) is 7.68. The first-order chi connectivity index (χ1) is 21.6. The van der Waals surface area contributed by atoms with Crippen LogP contribution in [-0.2, 0) is 37.5 Å². The second kappa shape index (κ2) is 29.5. The maximum Gasteiger partial charge on any atom is 0.472 e. The number of rotatable bonds is 31. The molecule has 0 aliphatic carbocycles. The zero-order chi connectivity index (χ0) is 33.6. The Morgan fingerprint density at radius 3 is 1.98 bits per heavy atom. The van der Waals surface area contributed by atoms with Gasteiger partial charge in [-0.3, -0.25) is 23.4 Å². The highest BCUT2D eigenvalue weighted by Crippen LogP contribution is 2.43. The van der Waals surface area contributed by atoms with Crippen LogP contribution < -0.4 is 0 Å². The van der Waals surface area contributed by atoms with E-state index in [0.29, 0.717) is 12.7 Å². The third kappa shape index (κ3) is 29.2. The van der Waals surface area contributed by atoms with Gasteiger partial charge >= 0.3 is 19.8 Å². The molecule has 4 N–H and O–H groups in total. The number of carbonyl (C=O) groups excluding carboxylic acids is 3. The molecular weight excluding hydrogens is 607 g/mol. The molecule has 0 rings (SSSR count). The lowest BCUT2D eigenvalue weighted by molar-refractivity contribution is -0.161. The van der Waals surface area contributed by atoms with Crippen molar-refractivity contribution in [2.75, 3.05) is 26.4 Å². The van der Waals surface area contributed by atoms with Crippen molar-refractivity contribution in [1.82, 2.24) is 0 Å². The minimum atomic E-state index is -4.67. The summed E-state index contributed by atoms with van der Waals surface area (Å²) in [6.07, 6.45) is 19.2. The van der Waals surface area contributed by atoms with Crippen LogP contribution in [0.5, 0.6) is 0 Å². The van der Waals surface area contributed by atoms with Gasteiger partial charge in [-0.05, 0) is 51.0 Å². The van der Waals surface area contributed by atoms with Gasteiger partial charge in [0.15, 0.2) is 6.10 Å². The van der Waals surface area contributed by atoms with Gasteiger partial charge in [-0.15, -0.1) is 0 Å².